The summed E-state index contributed by atoms with van der Waals surface area (Å²) in [5.41, 5.74) is 5.40. The molecule has 3 N–H and O–H groups in total. The molecule has 0 radical (unpaired) electrons. The van der Waals surface area contributed by atoms with Gasteiger partial charge in [-0.25, -0.2) is 4.57 Å². The molecule has 10 heteroatoms. The molecule has 0 aliphatic heterocycles. The van der Waals surface area contributed by atoms with Crippen LogP contribution < -0.4 is 5.73 Å². The molecule has 0 aliphatic rings. The van der Waals surface area contributed by atoms with Gasteiger partial charge in [-0.2, -0.15) is 0 Å². The van der Waals surface area contributed by atoms with E-state index in [0.717, 1.165) is 38.5 Å². The van der Waals surface area contributed by atoms with Gasteiger partial charge in [-0.3, -0.25) is 18.6 Å². The van der Waals surface area contributed by atoms with Crippen molar-refractivity contribution in [2.45, 2.75) is 380 Å². The first-order chi connectivity index (χ1) is 38.8. The van der Waals surface area contributed by atoms with Gasteiger partial charge in [0.05, 0.1) is 13.2 Å². The molecule has 0 saturated carbocycles. The summed E-state index contributed by atoms with van der Waals surface area (Å²) >= 11 is 0. The van der Waals surface area contributed by atoms with E-state index in [2.05, 4.69) is 38.2 Å². The standard InChI is InChI=1S/C69H134NO8P/c1-3-5-7-9-11-13-15-17-19-21-23-25-27-29-31-32-33-34-36-37-39-41-43-45-47-49-51-53-55-57-59-61-68(71)75-65-67(66-77-79(73,74)76-64-63-70)78-69(72)62-60-58-56-54-52-50-48-46-44-42-40-38-35-30-28-26-24-22-20-18-16-14-12-10-8-6-4-2/h16,18,22,24,67H,3-15,17,19-21,23,25-66,70H2,1-2H3,(H,73,74)/b18-16-,24-22-. The number of esters is 2. The molecule has 0 saturated heterocycles. The van der Waals surface area contributed by atoms with Crippen molar-refractivity contribution < 1.29 is 37.6 Å². The molecule has 0 bridgehead atoms. The molecular weight excluding hydrogens is 1000 g/mol. The number of phosphoric acid groups is 1. The van der Waals surface area contributed by atoms with Crippen molar-refractivity contribution in [3.05, 3.63) is 24.3 Å². The van der Waals surface area contributed by atoms with Gasteiger partial charge in [-0.1, -0.05) is 340 Å². The lowest BCUT2D eigenvalue weighted by molar-refractivity contribution is -0.161. The van der Waals surface area contributed by atoms with Gasteiger partial charge >= 0.3 is 19.8 Å². The van der Waals surface area contributed by atoms with Crippen LogP contribution in [-0.4, -0.2) is 49.3 Å². The molecule has 0 aromatic rings. The molecule has 2 atom stereocenters. The Labute approximate surface area is 491 Å². The zero-order valence-electron chi connectivity index (χ0n) is 52.6. The van der Waals surface area contributed by atoms with Crippen molar-refractivity contribution in [2.24, 2.45) is 5.73 Å². The van der Waals surface area contributed by atoms with Crippen LogP contribution in [0.4, 0.5) is 0 Å². The number of carbonyl (C=O) groups is 2. The Morgan fingerprint density at radius 2 is 0.658 bits per heavy atom. The van der Waals surface area contributed by atoms with Crippen LogP contribution in [0.15, 0.2) is 24.3 Å². The van der Waals surface area contributed by atoms with E-state index in [4.69, 9.17) is 24.3 Å². The summed E-state index contributed by atoms with van der Waals surface area (Å²) in [4.78, 5) is 35.3. The highest BCUT2D eigenvalue weighted by molar-refractivity contribution is 7.47. The zero-order valence-corrected chi connectivity index (χ0v) is 53.5. The molecule has 0 rings (SSSR count). The maximum atomic E-state index is 12.8. The number of allylic oxidation sites excluding steroid dienone is 4. The molecule has 79 heavy (non-hydrogen) atoms. The maximum Gasteiger partial charge on any atom is 0.472 e. The molecule has 9 nitrogen and oxygen atoms in total. The normalized spacial score (nSPS) is 13.0. The van der Waals surface area contributed by atoms with Crippen LogP contribution in [0.5, 0.6) is 0 Å². The third-order valence-corrected chi connectivity index (χ3v) is 16.8. The van der Waals surface area contributed by atoms with Crippen LogP contribution in [0.1, 0.15) is 373 Å². The topological polar surface area (TPSA) is 134 Å². The first-order valence-electron chi connectivity index (χ1n) is 34.8. The third-order valence-electron chi connectivity index (χ3n) is 15.8. The molecule has 0 aromatic carbocycles. The first-order valence-corrected chi connectivity index (χ1v) is 36.3. The summed E-state index contributed by atoms with van der Waals surface area (Å²) < 4.78 is 33.2. The first kappa shape index (κ1) is 77.5. The van der Waals surface area contributed by atoms with Crippen LogP contribution in [0.25, 0.3) is 0 Å². The van der Waals surface area contributed by atoms with Gasteiger partial charge in [0.25, 0.3) is 0 Å². The van der Waals surface area contributed by atoms with Crippen molar-refractivity contribution in [2.75, 3.05) is 26.4 Å². The quantitative estimate of drug-likeness (QED) is 0.0264. The second kappa shape index (κ2) is 65.6. The smallest absolute Gasteiger partial charge is 0.462 e. The van der Waals surface area contributed by atoms with E-state index >= 15 is 0 Å². The Morgan fingerprint density at radius 3 is 0.962 bits per heavy atom. The van der Waals surface area contributed by atoms with Gasteiger partial charge in [-0.15, -0.1) is 0 Å². The summed E-state index contributed by atoms with van der Waals surface area (Å²) in [6.45, 7) is 3.81. The van der Waals surface area contributed by atoms with Crippen molar-refractivity contribution in [3.63, 3.8) is 0 Å². The second-order valence-corrected chi connectivity index (χ2v) is 25.2. The van der Waals surface area contributed by atoms with Gasteiger partial charge < -0.3 is 20.1 Å². The van der Waals surface area contributed by atoms with Crippen molar-refractivity contribution in [1.29, 1.82) is 0 Å². The highest BCUT2D eigenvalue weighted by Gasteiger charge is 2.26. The van der Waals surface area contributed by atoms with Gasteiger partial charge in [0.1, 0.15) is 6.61 Å². The summed E-state index contributed by atoms with van der Waals surface area (Å²) in [6.07, 6.45) is 79.9. The lowest BCUT2D eigenvalue weighted by Crippen LogP contribution is -2.29. The van der Waals surface area contributed by atoms with E-state index in [0.29, 0.717) is 6.42 Å². The number of nitrogens with two attached hydrogens (primary N) is 1. The Morgan fingerprint density at radius 1 is 0.380 bits per heavy atom. The minimum Gasteiger partial charge on any atom is -0.462 e. The van der Waals surface area contributed by atoms with Gasteiger partial charge in [0.15, 0.2) is 6.10 Å². The lowest BCUT2D eigenvalue weighted by atomic mass is 10.0. The van der Waals surface area contributed by atoms with E-state index in [1.807, 2.05) is 0 Å². The SMILES string of the molecule is CCCCCCC/C=C\C/C=C\CCCCCCCCCCCCCCCCCC(=O)OC(COC(=O)CCCCCCCCCCCCCCCCCCCCCCCCCCCCCCCCC)COP(=O)(O)OCCN. The molecule has 0 fully saturated rings. The van der Waals surface area contributed by atoms with Gasteiger partial charge in [0, 0.05) is 19.4 Å². The lowest BCUT2D eigenvalue weighted by Gasteiger charge is -2.19. The number of unbranched alkanes of at least 4 members (excludes halogenated alkanes) is 50. The van der Waals surface area contributed by atoms with Crippen LogP contribution in [-0.2, 0) is 32.7 Å². The number of carbonyl (C=O) groups excluding carboxylic acids is 2. The Hall–Kier alpha value is -1.51. The van der Waals surface area contributed by atoms with Crippen LogP contribution in [0.2, 0.25) is 0 Å². The fraction of sp³-hybridized carbons (Fsp3) is 0.913. The van der Waals surface area contributed by atoms with E-state index in [9.17, 15) is 19.0 Å². The van der Waals surface area contributed by atoms with Crippen LogP contribution in [0.3, 0.4) is 0 Å². The summed E-state index contributed by atoms with van der Waals surface area (Å²) in [5.74, 6) is -0.804. The van der Waals surface area contributed by atoms with Crippen molar-refractivity contribution in [1.82, 2.24) is 0 Å². The number of ether oxygens (including phenoxy) is 2. The zero-order chi connectivity index (χ0) is 57.3. The third kappa shape index (κ3) is 65.5. The number of phosphoric ester groups is 1. The maximum absolute atomic E-state index is 12.8. The molecule has 468 valence electrons. The van der Waals surface area contributed by atoms with Crippen molar-refractivity contribution in [3.8, 4) is 0 Å². The van der Waals surface area contributed by atoms with Crippen molar-refractivity contribution >= 4 is 19.8 Å². The molecule has 0 heterocycles. The molecule has 0 amide bonds. The molecule has 2 unspecified atom stereocenters. The summed E-state index contributed by atoms with van der Waals surface area (Å²) in [7, 11) is -4.39. The minimum atomic E-state index is -4.39. The predicted octanol–water partition coefficient (Wildman–Crippen LogP) is 22.5. The summed E-state index contributed by atoms with van der Waals surface area (Å²) in [6, 6.07) is 0. The molecule has 0 aromatic heterocycles. The number of rotatable bonds is 67. The predicted molar refractivity (Wildman–Crippen MR) is 340 cm³/mol. The highest BCUT2D eigenvalue weighted by Crippen LogP contribution is 2.43. The van der Waals surface area contributed by atoms with Crippen LogP contribution >= 0.6 is 7.82 Å². The van der Waals surface area contributed by atoms with E-state index in [1.165, 1.54) is 302 Å². The largest absolute Gasteiger partial charge is 0.472 e. The average molecular weight is 1140 g/mol. The number of hydrogen-bond donors (Lipinski definition) is 2. The number of hydrogen-bond acceptors (Lipinski definition) is 8. The summed E-state index contributed by atoms with van der Waals surface area (Å²) in [5, 5.41) is 0. The second-order valence-electron chi connectivity index (χ2n) is 23.8. The monoisotopic (exact) mass is 1140 g/mol. The Balaban J connectivity index is 3.82. The molecule has 0 spiro atoms. The fourth-order valence-electron chi connectivity index (χ4n) is 10.7. The minimum absolute atomic E-state index is 0.0564. The van der Waals surface area contributed by atoms with E-state index in [1.54, 1.807) is 0 Å². The molecule has 0 aliphatic carbocycles. The molecular formula is C69H134NO8P. The van der Waals surface area contributed by atoms with E-state index in [-0.39, 0.29) is 38.6 Å². The van der Waals surface area contributed by atoms with Gasteiger partial charge in [0.2, 0.25) is 0 Å². The van der Waals surface area contributed by atoms with E-state index < -0.39 is 26.5 Å². The fourth-order valence-corrected chi connectivity index (χ4v) is 11.4. The Kier molecular flexibility index (Phi) is 64.4. The Bertz CT molecular complexity index is 1340. The van der Waals surface area contributed by atoms with Gasteiger partial charge in [-0.05, 0) is 44.9 Å². The van der Waals surface area contributed by atoms with Crippen LogP contribution in [0, 0.1) is 0 Å². The average Bonchev–Trinajstić information content (AvgIpc) is 3.44. The highest BCUT2D eigenvalue weighted by atomic mass is 31.2.